The van der Waals surface area contributed by atoms with Gasteiger partial charge in [0, 0.05) is 44.4 Å². The van der Waals surface area contributed by atoms with E-state index in [0.717, 1.165) is 50.8 Å². The van der Waals surface area contributed by atoms with Crippen LogP contribution in [-0.4, -0.2) is 77.2 Å². The van der Waals surface area contributed by atoms with Crippen molar-refractivity contribution in [3.8, 4) is 0 Å². The maximum atomic E-state index is 13.7. The Kier molecular flexibility index (Phi) is 5.99. The summed E-state index contributed by atoms with van der Waals surface area (Å²) in [6.07, 6.45) is 8.44. The SMILES string of the molecule is C[C@@]1(C(=O)NC2CCCCCC2)Cn2c(cc3occc32)C(=O)N1CCN1CCOCC1. The minimum absolute atomic E-state index is 0.0456. The highest BCUT2D eigenvalue weighted by Gasteiger charge is 2.48. The van der Waals surface area contributed by atoms with Gasteiger partial charge in [-0.15, -0.1) is 0 Å². The molecular weight excluding hydrogens is 408 g/mol. The van der Waals surface area contributed by atoms with E-state index in [9.17, 15) is 9.59 Å². The highest BCUT2D eigenvalue weighted by molar-refractivity contribution is 6.02. The molecule has 8 heteroatoms. The lowest BCUT2D eigenvalue weighted by Gasteiger charge is -2.45. The predicted molar refractivity (Wildman–Crippen MR) is 121 cm³/mol. The van der Waals surface area contributed by atoms with Crippen molar-refractivity contribution >= 4 is 22.9 Å². The molecule has 1 aliphatic carbocycles. The summed E-state index contributed by atoms with van der Waals surface area (Å²) in [5.41, 5.74) is 1.21. The average molecular weight is 443 g/mol. The standard InChI is InChI=1S/C24H34N4O4/c1-24(23(30)25-18-6-4-2-3-5-7-18)17-27-19-8-13-32-21(19)16-20(27)22(29)28(24)10-9-26-11-14-31-15-12-26/h8,13,16,18H,2-7,9-12,14-15,17H2,1H3,(H,25,30)/t24-/m0/s1. The van der Waals surface area contributed by atoms with Crippen molar-refractivity contribution in [2.24, 2.45) is 0 Å². The van der Waals surface area contributed by atoms with Crippen LogP contribution in [0.4, 0.5) is 0 Å². The van der Waals surface area contributed by atoms with E-state index in [1.54, 1.807) is 11.2 Å². The topological polar surface area (TPSA) is 80.0 Å². The molecule has 1 N–H and O–H groups in total. The Morgan fingerprint density at radius 2 is 1.91 bits per heavy atom. The van der Waals surface area contributed by atoms with Crippen LogP contribution in [0.25, 0.3) is 11.1 Å². The first-order valence-electron chi connectivity index (χ1n) is 12.1. The zero-order valence-corrected chi connectivity index (χ0v) is 19.0. The molecule has 8 nitrogen and oxygen atoms in total. The molecule has 1 atom stereocenters. The van der Waals surface area contributed by atoms with Gasteiger partial charge in [0.15, 0.2) is 5.58 Å². The van der Waals surface area contributed by atoms with Gasteiger partial charge in [0.1, 0.15) is 11.2 Å². The third kappa shape index (κ3) is 3.94. The van der Waals surface area contributed by atoms with Crippen LogP contribution < -0.4 is 5.32 Å². The summed E-state index contributed by atoms with van der Waals surface area (Å²) in [5, 5.41) is 3.32. The number of morpholine rings is 1. The summed E-state index contributed by atoms with van der Waals surface area (Å²) in [7, 11) is 0. The summed E-state index contributed by atoms with van der Waals surface area (Å²) in [6.45, 7) is 6.74. The van der Waals surface area contributed by atoms with Crippen LogP contribution in [0, 0.1) is 0 Å². The number of carbonyl (C=O) groups is 2. The molecule has 5 rings (SSSR count). The van der Waals surface area contributed by atoms with Gasteiger partial charge in [0.2, 0.25) is 5.91 Å². The molecule has 3 aliphatic rings. The molecule has 174 valence electrons. The Bertz CT molecular complexity index is 968. The van der Waals surface area contributed by atoms with Gasteiger partial charge in [-0.05, 0) is 19.8 Å². The number of ether oxygens (including phenoxy) is 1. The molecule has 0 aromatic carbocycles. The van der Waals surface area contributed by atoms with E-state index < -0.39 is 5.54 Å². The third-order valence-electron chi connectivity index (χ3n) is 7.47. The number of furan rings is 1. The number of rotatable bonds is 5. The van der Waals surface area contributed by atoms with Crippen molar-refractivity contribution in [3.05, 3.63) is 24.1 Å². The summed E-state index contributed by atoms with van der Waals surface area (Å²) in [6, 6.07) is 3.87. The van der Waals surface area contributed by atoms with Crippen LogP contribution >= 0.6 is 0 Å². The van der Waals surface area contributed by atoms with Crippen molar-refractivity contribution in [2.75, 3.05) is 39.4 Å². The molecule has 1 saturated carbocycles. The number of nitrogens with one attached hydrogen (secondary N) is 1. The lowest BCUT2D eigenvalue weighted by Crippen LogP contribution is -2.65. The summed E-state index contributed by atoms with van der Waals surface area (Å²) in [5.74, 6) is -0.148. The van der Waals surface area contributed by atoms with E-state index in [-0.39, 0.29) is 17.9 Å². The number of fused-ring (bicyclic) bond motifs is 3. The molecule has 2 aromatic heterocycles. The first-order valence-corrected chi connectivity index (χ1v) is 12.1. The monoisotopic (exact) mass is 442 g/mol. The van der Waals surface area contributed by atoms with E-state index in [0.29, 0.717) is 37.6 Å². The van der Waals surface area contributed by atoms with Gasteiger partial charge in [0.05, 0.1) is 31.5 Å². The quantitative estimate of drug-likeness (QED) is 0.720. The first kappa shape index (κ1) is 21.5. The number of carbonyl (C=O) groups excluding carboxylic acids is 2. The molecule has 0 radical (unpaired) electrons. The van der Waals surface area contributed by atoms with Crippen LogP contribution in [0.15, 0.2) is 22.8 Å². The fourth-order valence-electron chi connectivity index (χ4n) is 5.45. The Balaban J connectivity index is 1.42. The Labute approximate surface area is 188 Å². The van der Waals surface area contributed by atoms with E-state index in [2.05, 4.69) is 10.2 Å². The lowest BCUT2D eigenvalue weighted by atomic mass is 9.93. The molecule has 32 heavy (non-hydrogen) atoms. The van der Waals surface area contributed by atoms with E-state index in [4.69, 9.17) is 9.15 Å². The van der Waals surface area contributed by atoms with Gasteiger partial charge in [-0.25, -0.2) is 0 Å². The van der Waals surface area contributed by atoms with Gasteiger partial charge >= 0.3 is 0 Å². The fourth-order valence-corrected chi connectivity index (χ4v) is 5.45. The second-order valence-corrected chi connectivity index (χ2v) is 9.63. The zero-order valence-electron chi connectivity index (χ0n) is 19.0. The maximum Gasteiger partial charge on any atom is 0.271 e. The summed E-state index contributed by atoms with van der Waals surface area (Å²) < 4.78 is 13.0. The predicted octanol–water partition coefficient (Wildman–Crippen LogP) is 2.62. The van der Waals surface area contributed by atoms with Gasteiger partial charge in [-0.2, -0.15) is 0 Å². The van der Waals surface area contributed by atoms with Crippen molar-refractivity contribution in [1.82, 2.24) is 19.7 Å². The van der Waals surface area contributed by atoms with E-state index >= 15 is 0 Å². The molecule has 1 saturated heterocycles. The highest BCUT2D eigenvalue weighted by Crippen LogP contribution is 2.33. The normalized spacial score (nSPS) is 25.7. The molecular formula is C24H34N4O4. The average Bonchev–Trinajstić information content (AvgIpc) is 3.29. The summed E-state index contributed by atoms with van der Waals surface area (Å²) >= 11 is 0. The number of hydrogen-bond acceptors (Lipinski definition) is 5. The maximum absolute atomic E-state index is 13.7. The number of aromatic nitrogens is 1. The van der Waals surface area contributed by atoms with Crippen LogP contribution in [-0.2, 0) is 16.1 Å². The second kappa shape index (κ2) is 8.90. The fraction of sp³-hybridized carbons (Fsp3) is 0.667. The Morgan fingerprint density at radius 3 is 2.66 bits per heavy atom. The first-order chi connectivity index (χ1) is 15.6. The van der Waals surface area contributed by atoms with Crippen LogP contribution in [0.1, 0.15) is 55.9 Å². The smallest absolute Gasteiger partial charge is 0.271 e. The molecule has 2 aliphatic heterocycles. The Morgan fingerprint density at radius 1 is 1.16 bits per heavy atom. The van der Waals surface area contributed by atoms with Crippen molar-refractivity contribution in [2.45, 2.75) is 63.6 Å². The highest BCUT2D eigenvalue weighted by atomic mass is 16.5. The van der Waals surface area contributed by atoms with Crippen molar-refractivity contribution in [1.29, 1.82) is 0 Å². The molecule has 2 amide bonds. The molecule has 4 heterocycles. The summed E-state index contributed by atoms with van der Waals surface area (Å²) in [4.78, 5) is 31.5. The third-order valence-corrected chi connectivity index (χ3v) is 7.47. The Hall–Kier alpha value is -2.32. The van der Waals surface area contributed by atoms with Gasteiger partial charge in [0.25, 0.3) is 5.91 Å². The minimum Gasteiger partial charge on any atom is -0.463 e. The molecule has 2 aromatic rings. The van der Waals surface area contributed by atoms with Crippen LogP contribution in [0.5, 0.6) is 0 Å². The van der Waals surface area contributed by atoms with Gasteiger partial charge in [-0.1, -0.05) is 25.7 Å². The number of amides is 2. The molecule has 2 fully saturated rings. The number of hydrogen-bond donors (Lipinski definition) is 1. The van der Waals surface area contributed by atoms with Gasteiger partial charge < -0.3 is 23.9 Å². The largest absolute Gasteiger partial charge is 0.463 e. The molecule has 0 unspecified atom stereocenters. The number of nitrogens with zero attached hydrogens (tertiary/aromatic N) is 3. The van der Waals surface area contributed by atoms with Crippen LogP contribution in [0.3, 0.4) is 0 Å². The van der Waals surface area contributed by atoms with E-state index in [1.807, 2.05) is 23.6 Å². The molecule has 0 spiro atoms. The van der Waals surface area contributed by atoms with Crippen LogP contribution in [0.2, 0.25) is 0 Å². The van der Waals surface area contributed by atoms with E-state index in [1.165, 1.54) is 12.8 Å². The van der Waals surface area contributed by atoms with Crippen molar-refractivity contribution < 1.29 is 18.7 Å². The minimum atomic E-state index is -0.952. The second-order valence-electron chi connectivity index (χ2n) is 9.63. The molecule has 0 bridgehead atoms. The van der Waals surface area contributed by atoms with Gasteiger partial charge in [-0.3, -0.25) is 14.5 Å². The lowest BCUT2D eigenvalue weighted by molar-refractivity contribution is -0.133. The zero-order chi connectivity index (χ0) is 22.1. The van der Waals surface area contributed by atoms with Crippen molar-refractivity contribution in [3.63, 3.8) is 0 Å².